The van der Waals surface area contributed by atoms with Gasteiger partial charge in [0.05, 0.1) is 12.1 Å². The summed E-state index contributed by atoms with van der Waals surface area (Å²) in [6, 6.07) is 4.19. The molecule has 110 valence electrons. The predicted molar refractivity (Wildman–Crippen MR) is 78.7 cm³/mol. The van der Waals surface area contributed by atoms with E-state index in [0.29, 0.717) is 5.75 Å². The SMILES string of the molecule is COc1ccc(Cl)c(S(=O)(=O)N(C)C(C)CN)c1.Cl. The van der Waals surface area contributed by atoms with Crippen molar-refractivity contribution in [2.24, 2.45) is 5.73 Å². The summed E-state index contributed by atoms with van der Waals surface area (Å²) in [7, 11) is -0.733. The summed E-state index contributed by atoms with van der Waals surface area (Å²) in [5.41, 5.74) is 5.48. The van der Waals surface area contributed by atoms with Gasteiger partial charge < -0.3 is 10.5 Å². The third-order valence-electron chi connectivity index (χ3n) is 2.76. The largest absolute Gasteiger partial charge is 0.497 e. The number of sulfonamides is 1. The molecule has 2 N–H and O–H groups in total. The molecule has 1 rings (SSSR count). The quantitative estimate of drug-likeness (QED) is 0.893. The van der Waals surface area contributed by atoms with E-state index in [-0.39, 0.29) is 34.9 Å². The molecular weight excluding hydrogens is 311 g/mol. The lowest BCUT2D eigenvalue weighted by atomic mass is 10.3. The lowest BCUT2D eigenvalue weighted by Crippen LogP contribution is -2.39. The summed E-state index contributed by atoms with van der Waals surface area (Å²) in [6.07, 6.45) is 0. The van der Waals surface area contributed by atoms with Gasteiger partial charge in [-0.05, 0) is 19.1 Å². The molecule has 1 unspecified atom stereocenters. The van der Waals surface area contributed by atoms with Crippen LogP contribution in [0.15, 0.2) is 23.1 Å². The van der Waals surface area contributed by atoms with Crippen molar-refractivity contribution >= 4 is 34.0 Å². The van der Waals surface area contributed by atoms with Crippen LogP contribution in [0.5, 0.6) is 5.75 Å². The first-order chi connectivity index (χ1) is 8.34. The van der Waals surface area contributed by atoms with Gasteiger partial charge in [0, 0.05) is 25.7 Å². The van der Waals surface area contributed by atoms with Crippen LogP contribution in [0.3, 0.4) is 0 Å². The number of rotatable bonds is 5. The Balaban J connectivity index is 0.00000324. The maximum absolute atomic E-state index is 12.4. The van der Waals surface area contributed by atoms with Gasteiger partial charge in [0.25, 0.3) is 0 Å². The van der Waals surface area contributed by atoms with Crippen LogP contribution in [-0.2, 0) is 10.0 Å². The Morgan fingerprint density at radius 2 is 2.05 bits per heavy atom. The molecule has 8 heteroatoms. The third-order valence-corrected chi connectivity index (χ3v) is 5.21. The second kappa shape index (κ2) is 7.31. The molecule has 0 radical (unpaired) electrons. The normalized spacial score (nSPS) is 12.9. The van der Waals surface area contributed by atoms with Crippen molar-refractivity contribution in [3.63, 3.8) is 0 Å². The number of ether oxygens (including phenoxy) is 1. The number of benzene rings is 1. The number of hydrogen-bond acceptors (Lipinski definition) is 4. The lowest BCUT2D eigenvalue weighted by Gasteiger charge is -2.23. The molecule has 0 aliphatic rings. The minimum Gasteiger partial charge on any atom is -0.497 e. The van der Waals surface area contributed by atoms with E-state index < -0.39 is 10.0 Å². The van der Waals surface area contributed by atoms with E-state index in [2.05, 4.69) is 0 Å². The van der Waals surface area contributed by atoms with Crippen LogP contribution in [-0.4, -0.2) is 39.5 Å². The molecule has 0 aliphatic heterocycles. The van der Waals surface area contributed by atoms with Gasteiger partial charge >= 0.3 is 0 Å². The van der Waals surface area contributed by atoms with Gasteiger partial charge in [0.15, 0.2) is 0 Å². The van der Waals surface area contributed by atoms with Crippen LogP contribution >= 0.6 is 24.0 Å². The Kier molecular flexibility index (Phi) is 7.10. The zero-order valence-corrected chi connectivity index (χ0v) is 13.3. The molecule has 0 saturated heterocycles. The maximum Gasteiger partial charge on any atom is 0.244 e. The molecule has 0 aromatic heterocycles. The first-order valence-electron chi connectivity index (χ1n) is 5.36. The van der Waals surface area contributed by atoms with Crippen molar-refractivity contribution in [1.29, 1.82) is 0 Å². The first kappa shape index (κ1) is 18.5. The van der Waals surface area contributed by atoms with Crippen LogP contribution in [0.1, 0.15) is 6.92 Å². The number of nitrogens with zero attached hydrogens (tertiary/aromatic N) is 1. The molecule has 0 spiro atoms. The van der Waals surface area contributed by atoms with E-state index >= 15 is 0 Å². The molecule has 0 saturated carbocycles. The van der Waals surface area contributed by atoms with Crippen LogP contribution in [0.25, 0.3) is 0 Å². The number of nitrogens with two attached hydrogens (primary N) is 1. The van der Waals surface area contributed by atoms with Gasteiger partial charge in [0.2, 0.25) is 10.0 Å². The van der Waals surface area contributed by atoms with Gasteiger partial charge in [-0.15, -0.1) is 12.4 Å². The van der Waals surface area contributed by atoms with E-state index in [9.17, 15) is 8.42 Å². The minimum atomic E-state index is -3.67. The van der Waals surface area contributed by atoms with Crippen LogP contribution in [0.2, 0.25) is 5.02 Å². The van der Waals surface area contributed by atoms with E-state index in [1.54, 1.807) is 13.0 Å². The maximum atomic E-state index is 12.4. The zero-order valence-electron chi connectivity index (χ0n) is 11.0. The molecular formula is C11H18Cl2N2O3S. The van der Waals surface area contributed by atoms with Gasteiger partial charge in [-0.25, -0.2) is 8.42 Å². The molecule has 19 heavy (non-hydrogen) atoms. The van der Waals surface area contributed by atoms with Gasteiger partial charge in [-0.2, -0.15) is 4.31 Å². The molecule has 1 aromatic carbocycles. The van der Waals surface area contributed by atoms with E-state index in [4.69, 9.17) is 22.1 Å². The summed E-state index contributed by atoms with van der Waals surface area (Å²) >= 11 is 5.94. The van der Waals surface area contributed by atoms with Crippen molar-refractivity contribution in [1.82, 2.24) is 4.31 Å². The third kappa shape index (κ3) is 3.97. The molecule has 0 amide bonds. The van der Waals surface area contributed by atoms with Crippen molar-refractivity contribution in [2.75, 3.05) is 20.7 Å². The number of hydrogen-bond donors (Lipinski definition) is 1. The average Bonchev–Trinajstić information content (AvgIpc) is 2.37. The fraction of sp³-hybridized carbons (Fsp3) is 0.455. The van der Waals surface area contributed by atoms with E-state index in [0.717, 1.165) is 0 Å². The number of halogens is 2. The van der Waals surface area contributed by atoms with Crippen molar-refractivity contribution in [3.05, 3.63) is 23.2 Å². The lowest BCUT2D eigenvalue weighted by molar-refractivity contribution is 0.392. The topological polar surface area (TPSA) is 72.6 Å². The summed E-state index contributed by atoms with van der Waals surface area (Å²) < 4.78 is 30.9. The summed E-state index contributed by atoms with van der Waals surface area (Å²) in [6.45, 7) is 1.96. The Morgan fingerprint density at radius 3 is 2.53 bits per heavy atom. The van der Waals surface area contributed by atoms with Crippen LogP contribution < -0.4 is 10.5 Å². The first-order valence-corrected chi connectivity index (χ1v) is 7.18. The highest BCUT2D eigenvalue weighted by Crippen LogP contribution is 2.28. The van der Waals surface area contributed by atoms with Crippen molar-refractivity contribution in [3.8, 4) is 5.75 Å². The average molecular weight is 329 g/mol. The Bertz CT molecular complexity index is 523. The second-order valence-electron chi connectivity index (χ2n) is 3.90. The number of methoxy groups -OCH3 is 1. The molecule has 0 aliphatic carbocycles. The van der Waals surface area contributed by atoms with Crippen LogP contribution in [0, 0.1) is 0 Å². The van der Waals surface area contributed by atoms with Crippen molar-refractivity contribution < 1.29 is 13.2 Å². The molecule has 0 bridgehead atoms. The highest BCUT2D eigenvalue weighted by atomic mass is 35.5. The molecule has 0 fully saturated rings. The number of likely N-dealkylation sites (N-methyl/N-ethyl adjacent to an activating group) is 1. The summed E-state index contributed by atoms with van der Waals surface area (Å²) in [5.74, 6) is 0.437. The molecule has 0 heterocycles. The minimum absolute atomic E-state index is 0. The second-order valence-corrected chi connectivity index (χ2v) is 6.28. The Hall–Kier alpha value is -0.530. The highest BCUT2D eigenvalue weighted by molar-refractivity contribution is 7.89. The Labute approximate surface area is 125 Å². The standard InChI is InChI=1S/C11H17ClN2O3S.ClH/c1-8(7-13)14(2)18(15,16)11-6-9(17-3)4-5-10(11)12;/h4-6,8H,7,13H2,1-3H3;1H. The van der Waals surface area contributed by atoms with Gasteiger partial charge in [-0.1, -0.05) is 11.6 Å². The monoisotopic (exact) mass is 328 g/mol. The van der Waals surface area contributed by atoms with Gasteiger partial charge in [0.1, 0.15) is 10.6 Å². The van der Waals surface area contributed by atoms with E-state index in [1.807, 2.05) is 0 Å². The highest BCUT2D eigenvalue weighted by Gasteiger charge is 2.27. The summed E-state index contributed by atoms with van der Waals surface area (Å²) in [5, 5.41) is 0.159. The Morgan fingerprint density at radius 1 is 1.47 bits per heavy atom. The van der Waals surface area contributed by atoms with E-state index in [1.165, 1.54) is 30.6 Å². The summed E-state index contributed by atoms with van der Waals surface area (Å²) in [4.78, 5) is 0.0197. The molecule has 5 nitrogen and oxygen atoms in total. The zero-order chi connectivity index (χ0) is 13.9. The predicted octanol–water partition coefficient (Wildman–Crippen LogP) is 1.74. The molecule has 1 atom stereocenters. The van der Waals surface area contributed by atoms with Gasteiger partial charge in [-0.3, -0.25) is 0 Å². The van der Waals surface area contributed by atoms with Crippen LogP contribution in [0.4, 0.5) is 0 Å². The smallest absolute Gasteiger partial charge is 0.244 e. The van der Waals surface area contributed by atoms with Crippen molar-refractivity contribution in [2.45, 2.75) is 17.9 Å². The fourth-order valence-corrected chi connectivity index (χ4v) is 3.21. The molecule has 1 aromatic rings. The fourth-order valence-electron chi connectivity index (χ4n) is 1.35.